The summed E-state index contributed by atoms with van der Waals surface area (Å²) >= 11 is 0. The molecule has 1 aliphatic rings. The fraction of sp³-hybridized carbons (Fsp3) is 0.474. The fourth-order valence-electron chi connectivity index (χ4n) is 3.24. The van der Waals surface area contributed by atoms with Gasteiger partial charge in [0.15, 0.2) is 0 Å². The molecule has 1 aromatic heterocycles. The van der Waals surface area contributed by atoms with Gasteiger partial charge in [0.1, 0.15) is 11.4 Å². The van der Waals surface area contributed by atoms with E-state index in [0.717, 1.165) is 38.0 Å². The van der Waals surface area contributed by atoms with Crippen molar-refractivity contribution in [3.05, 3.63) is 47.8 Å². The molecule has 1 fully saturated rings. The van der Waals surface area contributed by atoms with Crippen LogP contribution in [0.2, 0.25) is 0 Å². The molecule has 1 amide bonds. The smallest absolute Gasteiger partial charge is 0.272 e. The number of nitrogens with one attached hydrogen (secondary N) is 1. The van der Waals surface area contributed by atoms with Crippen molar-refractivity contribution in [1.29, 1.82) is 0 Å². The lowest BCUT2D eigenvalue weighted by Crippen LogP contribution is -2.47. The van der Waals surface area contributed by atoms with E-state index >= 15 is 0 Å². The molecular weight excluding hydrogens is 316 g/mol. The zero-order valence-electron chi connectivity index (χ0n) is 14.9. The summed E-state index contributed by atoms with van der Waals surface area (Å²) < 4.78 is 1.80. The second-order valence-corrected chi connectivity index (χ2v) is 6.99. The lowest BCUT2D eigenvalue weighted by molar-refractivity contribution is 0.0894. The zero-order chi connectivity index (χ0) is 17.8. The number of likely N-dealkylation sites (tertiary alicyclic amines) is 1. The van der Waals surface area contributed by atoms with Crippen molar-refractivity contribution in [2.45, 2.75) is 45.3 Å². The zero-order valence-corrected chi connectivity index (χ0v) is 14.9. The van der Waals surface area contributed by atoms with Crippen LogP contribution in [0, 0.1) is 0 Å². The first-order valence-corrected chi connectivity index (χ1v) is 8.87. The third kappa shape index (κ3) is 4.60. The van der Waals surface area contributed by atoms with E-state index in [1.54, 1.807) is 22.9 Å². The SMILES string of the molecule is CC(C)n1ccc(C(=O)NC2CCCN(Cc3cccc(O)c3)C2)n1. The maximum atomic E-state index is 12.4. The number of hydrogen-bond acceptors (Lipinski definition) is 4. The normalized spacial score (nSPS) is 18.4. The van der Waals surface area contributed by atoms with E-state index in [1.807, 2.05) is 32.2 Å². The van der Waals surface area contributed by atoms with E-state index in [1.165, 1.54) is 0 Å². The van der Waals surface area contributed by atoms with Crippen molar-refractivity contribution in [3.8, 4) is 5.75 Å². The Bertz CT molecular complexity index is 726. The predicted octanol–water partition coefficient (Wildman–Crippen LogP) is 2.56. The highest BCUT2D eigenvalue weighted by atomic mass is 16.3. The predicted molar refractivity (Wildman–Crippen MR) is 96.5 cm³/mol. The molecule has 3 rings (SSSR count). The van der Waals surface area contributed by atoms with Crippen LogP contribution in [0.25, 0.3) is 0 Å². The molecule has 1 aliphatic heterocycles. The highest BCUT2D eigenvalue weighted by molar-refractivity contribution is 5.92. The molecule has 1 aromatic carbocycles. The summed E-state index contributed by atoms with van der Waals surface area (Å²) in [6.45, 7) is 6.67. The van der Waals surface area contributed by atoms with Gasteiger partial charge in [-0.2, -0.15) is 5.10 Å². The molecule has 1 unspecified atom stereocenters. The molecule has 25 heavy (non-hydrogen) atoms. The van der Waals surface area contributed by atoms with Gasteiger partial charge >= 0.3 is 0 Å². The third-order valence-corrected chi connectivity index (χ3v) is 4.53. The summed E-state index contributed by atoms with van der Waals surface area (Å²) in [5.41, 5.74) is 1.56. The second kappa shape index (κ2) is 7.70. The van der Waals surface area contributed by atoms with Gasteiger partial charge in [-0.25, -0.2) is 0 Å². The Balaban J connectivity index is 1.56. The van der Waals surface area contributed by atoms with Crippen LogP contribution in [0.1, 0.15) is 48.8 Å². The molecule has 0 radical (unpaired) electrons. The van der Waals surface area contributed by atoms with Gasteiger partial charge in [0.25, 0.3) is 5.91 Å². The average Bonchev–Trinajstić information content (AvgIpc) is 3.05. The maximum Gasteiger partial charge on any atom is 0.272 e. The van der Waals surface area contributed by atoms with E-state index in [2.05, 4.69) is 15.3 Å². The number of carbonyl (C=O) groups is 1. The molecule has 2 heterocycles. The molecule has 6 nitrogen and oxygen atoms in total. The van der Waals surface area contributed by atoms with Crippen LogP contribution in [-0.4, -0.2) is 44.8 Å². The number of benzene rings is 1. The first-order chi connectivity index (χ1) is 12.0. The quantitative estimate of drug-likeness (QED) is 0.876. The van der Waals surface area contributed by atoms with Crippen molar-refractivity contribution < 1.29 is 9.90 Å². The van der Waals surface area contributed by atoms with Gasteiger partial charge < -0.3 is 10.4 Å². The highest BCUT2D eigenvalue weighted by Crippen LogP contribution is 2.17. The summed E-state index contributed by atoms with van der Waals surface area (Å²) in [5, 5.41) is 17.0. The molecule has 0 saturated carbocycles. The van der Waals surface area contributed by atoms with Crippen molar-refractivity contribution in [3.63, 3.8) is 0 Å². The number of hydrogen-bond donors (Lipinski definition) is 2. The number of aromatic hydroxyl groups is 1. The van der Waals surface area contributed by atoms with E-state index in [9.17, 15) is 9.90 Å². The molecule has 1 saturated heterocycles. The van der Waals surface area contributed by atoms with Gasteiger partial charge in [-0.05, 0) is 57.0 Å². The van der Waals surface area contributed by atoms with E-state index in [-0.39, 0.29) is 18.0 Å². The molecule has 0 aliphatic carbocycles. The number of aromatic nitrogens is 2. The summed E-state index contributed by atoms with van der Waals surface area (Å²) in [5.74, 6) is 0.184. The van der Waals surface area contributed by atoms with Crippen molar-refractivity contribution in [2.24, 2.45) is 0 Å². The van der Waals surface area contributed by atoms with Crippen LogP contribution >= 0.6 is 0 Å². The first-order valence-electron chi connectivity index (χ1n) is 8.87. The summed E-state index contributed by atoms with van der Waals surface area (Å²) in [4.78, 5) is 14.7. The van der Waals surface area contributed by atoms with Crippen LogP contribution in [0.5, 0.6) is 5.75 Å². The molecule has 1 atom stereocenters. The molecule has 0 bridgehead atoms. The molecule has 6 heteroatoms. The van der Waals surface area contributed by atoms with E-state index < -0.39 is 0 Å². The first kappa shape index (κ1) is 17.5. The van der Waals surface area contributed by atoms with Crippen LogP contribution < -0.4 is 5.32 Å². The van der Waals surface area contributed by atoms with Gasteiger partial charge in [-0.3, -0.25) is 14.4 Å². The standard InChI is InChI=1S/C19H26N4O2/c1-14(2)23-10-8-18(21-23)19(25)20-16-6-4-9-22(13-16)12-15-5-3-7-17(24)11-15/h3,5,7-8,10-11,14,16,24H,4,6,9,12-13H2,1-2H3,(H,20,25). The Hall–Kier alpha value is -2.34. The molecule has 2 N–H and O–H groups in total. The van der Waals surface area contributed by atoms with Crippen LogP contribution in [0.3, 0.4) is 0 Å². The number of nitrogens with zero attached hydrogens (tertiary/aromatic N) is 3. The summed E-state index contributed by atoms with van der Waals surface area (Å²) in [6, 6.07) is 9.48. The number of amides is 1. The maximum absolute atomic E-state index is 12.4. The number of phenolic OH excluding ortho intramolecular Hbond substituents is 1. The Morgan fingerprint density at radius 2 is 2.24 bits per heavy atom. The van der Waals surface area contributed by atoms with Crippen LogP contribution in [0.15, 0.2) is 36.5 Å². The molecule has 0 spiro atoms. The van der Waals surface area contributed by atoms with Gasteiger partial charge in [0, 0.05) is 31.4 Å². The highest BCUT2D eigenvalue weighted by Gasteiger charge is 2.23. The number of carbonyl (C=O) groups excluding carboxylic acids is 1. The van der Waals surface area contributed by atoms with Crippen molar-refractivity contribution in [2.75, 3.05) is 13.1 Å². The number of piperidine rings is 1. The van der Waals surface area contributed by atoms with E-state index in [4.69, 9.17) is 0 Å². The molecule has 2 aromatic rings. The lowest BCUT2D eigenvalue weighted by atomic mass is 10.0. The van der Waals surface area contributed by atoms with Crippen molar-refractivity contribution in [1.82, 2.24) is 20.0 Å². The minimum Gasteiger partial charge on any atom is -0.508 e. The minimum absolute atomic E-state index is 0.108. The van der Waals surface area contributed by atoms with Crippen molar-refractivity contribution >= 4 is 5.91 Å². The third-order valence-electron chi connectivity index (χ3n) is 4.53. The second-order valence-electron chi connectivity index (χ2n) is 6.99. The van der Waals surface area contributed by atoms with Crippen LogP contribution in [-0.2, 0) is 6.54 Å². The minimum atomic E-state index is -0.108. The largest absolute Gasteiger partial charge is 0.508 e. The van der Waals surface area contributed by atoms with Crippen LogP contribution in [0.4, 0.5) is 0 Å². The summed E-state index contributed by atoms with van der Waals surface area (Å²) in [6.07, 6.45) is 3.87. The Kier molecular flexibility index (Phi) is 5.38. The van der Waals surface area contributed by atoms with Gasteiger partial charge in [0.2, 0.25) is 0 Å². The van der Waals surface area contributed by atoms with Gasteiger partial charge in [-0.1, -0.05) is 12.1 Å². The Morgan fingerprint density at radius 3 is 2.96 bits per heavy atom. The topological polar surface area (TPSA) is 70.4 Å². The average molecular weight is 342 g/mol. The Labute approximate surface area is 148 Å². The van der Waals surface area contributed by atoms with Gasteiger partial charge in [-0.15, -0.1) is 0 Å². The Morgan fingerprint density at radius 1 is 1.40 bits per heavy atom. The lowest BCUT2D eigenvalue weighted by Gasteiger charge is -2.33. The monoisotopic (exact) mass is 342 g/mol. The molecular formula is C19H26N4O2. The molecule has 134 valence electrons. The fourth-order valence-corrected chi connectivity index (χ4v) is 3.24. The van der Waals surface area contributed by atoms with E-state index in [0.29, 0.717) is 11.4 Å². The van der Waals surface area contributed by atoms with Gasteiger partial charge in [0.05, 0.1) is 0 Å². The number of phenols is 1. The number of rotatable bonds is 5. The summed E-state index contributed by atoms with van der Waals surface area (Å²) in [7, 11) is 0.